The smallest absolute Gasteiger partial charge is 0.161 e. The zero-order valence-corrected chi connectivity index (χ0v) is 9.90. The summed E-state index contributed by atoms with van der Waals surface area (Å²) in [4.78, 5) is 0. The van der Waals surface area contributed by atoms with E-state index in [1.165, 1.54) is 0 Å². The van der Waals surface area contributed by atoms with Gasteiger partial charge >= 0.3 is 0 Å². The van der Waals surface area contributed by atoms with Gasteiger partial charge in [-0.05, 0) is 24.1 Å². The fraction of sp³-hybridized carbons (Fsp3) is 0.417. The fourth-order valence-corrected chi connectivity index (χ4v) is 1.37. The predicted molar refractivity (Wildman–Crippen MR) is 65.6 cm³/mol. The van der Waals surface area contributed by atoms with Crippen molar-refractivity contribution in [1.82, 2.24) is 0 Å². The molecule has 94 valence electrons. The lowest BCUT2D eigenvalue weighted by Gasteiger charge is -2.11. The monoisotopic (exact) mass is 238 g/mol. The van der Waals surface area contributed by atoms with E-state index in [0.29, 0.717) is 30.9 Å². The number of hydrogen-bond donors (Lipinski definition) is 3. The number of nitrogens with two attached hydrogens (primary N) is 1. The van der Waals surface area contributed by atoms with E-state index in [1.807, 2.05) is 0 Å². The summed E-state index contributed by atoms with van der Waals surface area (Å²) in [5.74, 6) is 1.39. The Morgan fingerprint density at radius 3 is 2.76 bits per heavy atom. The number of aliphatic hydroxyl groups excluding tert-OH is 1. The third-order valence-electron chi connectivity index (χ3n) is 2.26. The van der Waals surface area contributed by atoms with Crippen LogP contribution in [-0.4, -0.2) is 24.7 Å². The Bertz CT molecular complexity index is 380. The van der Waals surface area contributed by atoms with Crippen LogP contribution in [0.1, 0.15) is 18.4 Å². The molecular weight excluding hydrogens is 220 g/mol. The van der Waals surface area contributed by atoms with Crippen LogP contribution in [0.2, 0.25) is 0 Å². The molecule has 0 bridgehead atoms. The van der Waals surface area contributed by atoms with Crippen LogP contribution in [0.4, 0.5) is 0 Å². The van der Waals surface area contributed by atoms with Crippen molar-refractivity contribution in [3.05, 3.63) is 23.8 Å². The van der Waals surface area contributed by atoms with Crippen LogP contribution in [0.15, 0.2) is 18.2 Å². The Hall–Kier alpha value is -1.75. The van der Waals surface area contributed by atoms with E-state index in [9.17, 15) is 0 Å². The Morgan fingerprint density at radius 1 is 1.41 bits per heavy atom. The van der Waals surface area contributed by atoms with Crippen molar-refractivity contribution in [2.45, 2.75) is 19.4 Å². The number of benzene rings is 1. The first-order valence-electron chi connectivity index (χ1n) is 5.41. The molecule has 5 heteroatoms. The average molecular weight is 238 g/mol. The third kappa shape index (κ3) is 4.32. The zero-order valence-electron chi connectivity index (χ0n) is 9.90. The van der Waals surface area contributed by atoms with Crippen LogP contribution in [0, 0.1) is 5.41 Å². The molecule has 17 heavy (non-hydrogen) atoms. The summed E-state index contributed by atoms with van der Waals surface area (Å²) in [5, 5.41) is 16.1. The van der Waals surface area contributed by atoms with Crippen LogP contribution in [0.5, 0.6) is 11.5 Å². The van der Waals surface area contributed by atoms with Gasteiger partial charge in [-0.15, -0.1) is 0 Å². The molecule has 5 nitrogen and oxygen atoms in total. The van der Waals surface area contributed by atoms with Crippen molar-refractivity contribution in [2.24, 2.45) is 5.73 Å². The van der Waals surface area contributed by atoms with E-state index in [2.05, 4.69) is 0 Å². The average Bonchev–Trinajstić information content (AvgIpc) is 2.34. The molecule has 1 aromatic rings. The first-order chi connectivity index (χ1) is 8.17. The lowest BCUT2D eigenvalue weighted by molar-refractivity contribution is 0.276. The lowest BCUT2D eigenvalue weighted by atomic mass is 10.2. The first-order valence-corrected chi connectivity index (χ1v) is 5.41. The number of rotatable bonds is 7. The molecule has 0 aliphatic heterocycles. The highest BCUT2D eigenvalue weighted by Gasteiger charge is 2.05. The quantitative estimate of drug-likeness (QED) is 0.379. The summed E-state index contributed by atoms with van der Waals surface area (Å²) in [6, 6.07) is 5.28. The predicted octanol–water partition coefficient (Wildman–Crippen LogP) is 1.28. The minimum atomic E-state index is -0.0268. The summed E-state index contributed by atoms with van der Waals surface area (Å²) >= 11 is 0. The molecule has 0 fully saturated rings. The van der Waals surface area contributed by atoms with Gasteiger partial charge in [-0.1, -0.05) is 6.07 Å². The highest BCUT2D eigenvalue weighted by molar-refractivity contribution is 5.76. The molecule has 0 saturated carbocycles. The Labute approximate surface area is 101 Å². The van der Waals surface area contributed by atoms with Crippen molar-refractivity contribution in [1.29, 1.82) is 5.41 Å². The summed E-state index contributed by atoms with van der Waals surface area (Å²) in [6.07, 6.45) is 1.22. The van der Waals surface area contributed by atoms with Gasteiger partial charge in [-0.3, -0.25) is 5.41 Å². The highest BCUT2D eigenvalue weighted by Crippen LogP contribution is 2.28. The van der Waals surface area contributed by atoms with E-state index in [4.69, 9.17) is 25.7 Å². The molecular formula is C12H18N2O3. The van der Waals surface area contributed by atoms with E-state index in [0.717, 1.165) is 5.56 Å². The fourth-order valence-electron chi connectivity index (χ4n) is 1.37. The van der Waals surface area contributed by atoms with Crippen molar-refractivity contribution in [3.8, 4) is 11.5 Å². The van der Waals surface area contributed by atoms with Gasteiger partial charge in [0.05, 0.1) is 26.2 Å². The van der Waals surface area contributed by atoms with Gasteiger partial charge in [0, 0.05) is 6.42 Å². The molecule has 0 amide bonds. The third-order valence-corrected chi connectivity index (χ3v) is 2.26. The van der Waals surface area contributed by atoms with Crippen LogP contribution >= 0.6 is 0 Å². The molecule has 0 aliphatic rings. The number of hydrogen-bond acceptors (Lipinski definition) is 4. The Balaban J connectivity index is 2.55. The van der Waals surface area contributed by atoms with Crippen LogP contribution < -0.4 is 15.2 Å². The molecule has 0 saturated heterocycles. The van der Waals surface area contributed by atoms with Gasteiger partial charge in [0.2, 0.25) is 0 Å². The zero-order chi connectivity index (χ0) is 12.7. The van der Waals surface area contributed by atoms with Gasteiger partial charge in [0.1, 0.15) is 0 Å². The second-order valence-electron chi connectivity index (χ2n) is 3.62. The maximum absolute atomic E-state index is 8.99. The van der Waals surface area contributed by atoms with Crippen molar-refractivity contribution in [2.75, 3.05) is 13.7 Å². The summed E-state index contributed by atoms with van der Waals surface area (Å²) in [7, 11) is 1.55. The number of aliphatic hydroxyl groups is 1. The second-order valence-corrected chi connectivity index (χ2v) is 3.62. The molecule has 0 spiro atoms. The van der Waals surface area contributed by atoms with Gasteiger partial charge in [-0.25, -0.2) is 0 Å². The largest absolute Gasteiger partial charge is 0.493 e. The van der Waals surface area contributed by atoms with Crippen molar-refractivity contribution < 1.29 is 14.6 Å². The number of ether oxygens (including phenoxy) is 2. The first kappa shape index (κ1) is 13.3. The molecule has 0 atom stereocenters. The van der Waals surface area contributed by atoms with Crippen LogP contribution in [-0.2, 0) is 6.61 Å². The highest BCUT2D eigenvalue weighted by atomic mass is 16.5. The van der Waals surface area contributed by atoms with Gasteiger partial charge in [-0.2, -0.15) is 0 Å². The summed E-state index contributed by atoms with van der Waals surface area (Å²) in [5.41, 5.74) is 6.02. The normalized spacial score (nSPS) is 10.0. The van der Waals surface area contributed by atoms with Gasteiger partial charge in [0.25, 0.3) is 0 Å². The number of amidine groups is 1. The van der Waals surface area contributed by atoms with Crippen molar-refractivity contribution in [3.63, 3.8) is 0 Å². The standard InChI is InChI=1S/C12H18N2O3/c1-16-11-7-9(8-15)4-5-10(11)17-6-2-3-12(13)14/h4-5,7,15H,2-3,6,8H2,1H3,(H3,13,14). The summed E-state index contributed by atoms with van der Waals surface area (Å²) < 4.78 is 10.7. The van der Waals surface area contributed by atoms with E-state index >= 15 is 0 Å². The van der Waals surface area contributed by atoms with Gasteiger partial charge in [0.15, 0.2) is 11.5 Å². The maximum Gasteiger partial charge on any atom is 0.161 e. The minimum absolute atomic E-state index is 0.0268. The maximum atomic E-state index is 8.99. The molecule has 1 rings (SSSR count). The van der Waals surface area contributed by atoms with E-state index in [-0.39, 0.29) is 12.4 Å². The van der Waals surface area contributed by atoms with E-state index in [1.54, 1.807) is 25.3 Å². The minimum Gasteiger partial charge on any atom is -0.493 e. The molecule has 1 aromatic carbocycles. The van der Waals surface area contributed by atoms with Crippen molar-refractivity contribution >= 4 is 5.84 Å². The lowest BCUT2D eigenvalue weighted by Crippen LogP contribution is -2.11. The topological polar surface area (TPSA) is 88.6 Å². The number of nitrogens with one attached hydrogen (secondary N) is 1. The second kappa shape index (κ2) is 6.75. The Morgan fingerprint density at radius 2 is 2.18 bits per heavy atom. The Kier molecular flexibility index (Phi) is 5.29. The molecule has 0 unspecified atom stereocenters. The SMILES string of the molecule is COc1cc(CO)ccc1OCCCC(=N)N. The molecule has 0 aliphatic carbocycles. The summed E-state index contributed by atoms with van der Waals surface area (Å²) in [6.45, 7) is 0.454. The molecule has 0 radical (unpaired) electrons. The molecule has 4 N–H and O–H groups in total. The number of methoxy groups -OCH3 is 1. The molecule has 0 heterocycles. The van der Waals surface area contributed by atoms with Crippen LogP contribution in [0.3, 0.4) is 0 Å². The van der Waals surface area contributed by atoms with E-state index < -0.39 is 0 Å². The molecule has 0 aromatic heterocycles. The van der Waals surface area contributed by atoms with Crippen LogP contribution in [0.25, 0.3) is 0 Å². The van der Waals surface area contributed by atoms with Gasteiger partial charge < -0.3 is 20.3 Å².